The first-order chi connectivity index (χ1) is 6.61. The van der Waals surface area contributed by atoms with E-state index in [0.29, 0.717) is 0 Å². The lowest BCUT2D eigenvalue weighted by Gasteiger charge is -2.12. The van der Waals surface area contributed by atoms with E-state index in [1.54, 1.807) is 12.4 Å². The molecule has 1 aromatic heterocycles. The summed E-state index contributed by atoms with van der Waals surface area (Å²) in [4.78, 5) is 15.1. The van der Waals surface area contributed by atoms with Crippen molar-refractivity contribution in [3.63, 3.8) is 0 Å². The van der Waals surface area contributed by atoms with E-state index in [1.807, 2.05) is 19.1 Å². The van der Waals surface area contributed by atoms with Crippen LogP contribution in [-0.2, 0) is 4.79 Å². The van der Waals surface area contributed by atoms with E-state index in [9.17, 15) is 4.79 Å². The molecule has 1 aromatic rings. The Labute approximate surface area is 87.8 Å². The van der Waals surface area contributed by atoms with E-state index in [4.69, 9.17) is 11.6 Å². The van der Waals surface area contributed by atoms with E-state index >= 15 is 0 Å². The number of rotatable bonds is 3. The number of pyridine rings is 1. The average Bonchev–Trinajstić information content (AvgIpc) is 2.19. The van der Waals surface area contributed by atoms with Gasteiger partial charge in [0.2, 0.25) is 0 Å². The highest BCUT2D eigenvalue weighted by atomic mass is 35.5. The summed E-state index contributed by atoms with van der Waals surface area (Å²) in [5.74, 6) is -0.351. The summed E-state index contributed by atoms with van der Waals surface area (Å²) < 4.78 is 0. The summed E-state index contributed by atoms with van der Waals surface area (Å²) in [7, 11) is 0. The predicted octanol–water partition coefficient (Wildman–Crippen LogP) is 2.01. The topological polar surface area (TPSA) is 42.0 Å². The summed E-state index contributed by atoms with van der Waals surface area (Å²) >= 11 is 5.44. The minimum Gasteiger partial charge on any atom is -0.345 e. The van der Waals surface area contributed by atoms with Crippen molar-refractivity contribution in [3.05, 3.63) is 41.7 Å². The van der Waals surface area contributed by atoms with E-state index < -0.39 is 0 Å². The van der Waals surface area contributed by atoms with Crippen molar-refractivity contribution >= 4 is 17.5 Å². The largest absolute Gasteiger partial charge is 0.345 e. The van der Waals surface area contributed by atoms with Crippen LogP contribution in [0.4, 0.5) is 0 Å². The van der Waals surface area contributed by atoms with Gasteiger partial charge in [-0.15, -0.1) is 0 Å². The van der Waals surface area contributed by atoms with Gasteiger partial charge in [0, 0.05) is 12.4 Å². The van der Waals surface area contributed by atoms with E-state index in [0.717, 1.165) is 5.56 Å². The van der Waals surface area contributed by atoms with Crippen LogP contribution in [0.2, 0.25) is 0 Å². The molecule has 0 aliphatic rings. The second-order valence-corrected chi connectivity index (χ2v) is 3.34. The molecule has 0 saturated heterocycles. The maximum absolute atomic E-state index is 11.2. The van der Waals surface area contributed by atoms with Gasteiger partial charge in [0.1, 0.15) is 0 Å². The Morgan fingerprint density at radius 3 is 2.64 bits per heavy atom. The van der Waals surface area contributed by atoms with Crippen LogP contribution in [0.5, 0.6) is 0 Å². The van der Waals surface area contributed by atoms with Crippen LogP contribution in [0.1, 0.15) is 18.5 Å². The minimum atomic E-state index is -0.351. The Morgan fingerprint density at radius 2 is 2.14 bits per heavy atom. The molecule has 0 spiro atoms. The summed E-state index contributed by atoms with van der Waals surface area (Å²) in [5.41, 5.74) is 0.978. The predicted molar refractivity (Wildman–Crippen MR) is 55.8 cm³/mol. The zero-order chi connectivity index (χ0) is 10.6. The average molecular weight is 211 g/mol. The van der Waals surface area contributed by atoms with E-state index in [-0.39, 0.29) is 17.0 Å². The number of nitrogens with zero attached hydrogens (tertiary/aromatic N) is 1. The first kappa shape index (κ1) is 10.7. The van der Waals surface area contributed by atoms with Crippen molar-refractivity contribution in [2.24, 2.45) is 0 Å². The standard InChI is InChI=1S/C10H11ClN2O/c1-7(11)10(14)13-8(2)9-3-5-12-6-4-9/h3-6,8H,1H2,2H3,(H,13,14)/t8-/m1/s1. The van der Waals surface area contributed by atoms with Gasteiger partial charge in [-0.25, -0.2) is 0 Å². The Kier molecular flexibility index (Phi) is 3.65. The molecule has 0 saturated carbocycles. The molecular weight excluding hydrogens is 200 g/mol. The first-order valence-corrected chi connectivity index (χ1v) is 4.54. The molecule has 0 unspecified atom stereocenters. The zero-order valence-corrected chi connectivity index (χ0v) is 8.58. The Bertz CT molecular complexity index is 337. The lowest BCUT2D eigenvalue weighted by molar-refractivity contribution is -0.117. The third-order valence-electron chi connectivity index (χ3n) is 1.80. The highest BCUT2D eigenvalue weighted by Crippen LogP contribution is 2.11. The number of nitrogens with one attached hydrogen (secondary N) is 1. The summed E-state index contributed by atoms with van der Waals surface area (Å²) in [6, 6.07) is 3.57. The fourth-order valence-electron chi connectivity index (χ4n) is 1.01. The summed E-state index contributed by atoms with van der Waals surface area (Å²) in [6.07, 6.45) is 3.35. The van der Waals surface area contributed by atoms with Gasteiger partial charge in [-0.1, -0.05) is 18.2 Å². The number of aromatic nitrogens is 1. The van der Waals surface area contributed by atoms with Crippen molar-refractivity contribution in [3.8, 4) is 0 Å². The van der Waals surface area contributed by atoms with Crippen LogP contribution in [0, 0.1) is 0 Å². The number of amides is 1. The number of hydrogen-bond donors (Lipinski definition) is 1. The van der Waals surface area contributed by atoms with E-state index in [1.165, 1.54) is 0 Å². The van der Waals surface area contributed by atoms with Gasteiger partial charge in [0.15, 0.2) is 0 Å². The fourth-order valence-corrected chi connectivity index (χ4v) is 1.06. The lowest BCUT2D eigenvalue weighted by Crippen LogP contribution is -2.26. The third kappa shape index (κ3) is 2.85. The fraction of sp³-hybridized carbons (Fsp3) is 0.200. The Morgan fingerprint density at radius 1 is 1.57 bits per heavy atom. The lowest BCUT2D eigenvalue weighted by atomic mass is 10.1. The van der Waals surface area contributed by atoms with Gasteiger partial charge in [0.25, 0.3) is 5.91 Å². The molecule has 14 heavy (non-hydrogen) atoms. The highest BCUT2D eigenvalue weighted by molar-refractivity contribution is 6.41. The first-order valence-electron chi connectivity index (χ1n) is 4.16. The van der Waals surface area contributed by atoms with Crippen molar-refractivity contribution in [1.82, 2.24) is 10.3 Å². The second-order valence-electron chi connectivity index (χ2n) is 2.88. The monoisotopic (exact) mass is 210 g/mol. The van der Waals surface area contributed by atoms with Crippen molar-refractivity contribution in [2.75, 3.05) is 0 Å². The highest BCUT2D eigenvalue weighted by Gasteiger charge is 2.09. The molecule has 0 bridgehead atoms. The van der Waals surface area contributed by atoms with Crippen molar-refractivity contribution in [1.29, 1.82) is 0 Å². The van der Waals surface area contributed by atoms with Gasteiger partial charge in [-0.2, -0.15) is 0 Å². The van der Waals surface area contributed by atoms with Gasteiger partial charge in [-0.3, -0.25) is 9.78 Å². The quantitative estimate of drug-likeness (QED) is 0.776. The van der Waals surface area contributed by atoms with Crippen LogP contribution >= 0.6 is 11.6 Å². The van der Waals surface area contributed by atoms with Crippen LogP contribution < -0.4 is 5.32 Å². The molecule has 0 aromatic carbocycles. The number of carbonyl (C=O) groups excluding carboxylic acids is 1. The maximum Gasteiger partial charge on any atom is 0.262 e. The van der Waals surface area contributed by atoms with Gasteiger partial charge < -0.3 is 5.32 Å². The number of halogens is 1. The molecule has 3 nitrogen and oxygen atoms in total. The molecule has 0 radical (unpaired) electrons. The molecular formula is C10H11ClN2O. The normalized spacial score (nSPS) is 11.9. The van der Waals surface area contributed by atoms with Crippen molar-refractivity contribution in [2.45, 2.75) is 13.0 Å². The molecule has 4 heteroatoms. The Hall–Kier alpha value is -1.35. The molecule has 0 aliphatic heterocycles. The molecule has 1 heterocycles. The third-order valence-corrected chi connectivity index (χ3v) is 1.97. The number of carbonyl (C=O) groups is 1. The smallest absolute Gasteiger partial charge is 0.262 e. The molecule has 1 N–H and O–H groups in total. The maximum atomic E-state index is 11.2. The second kappa shape index (κ2) is 4.77. The van der Waals surface area contributed by atoms with Crippen molar-refractivity contribution < 1.29 is 4.79 Å². The van der Waals surface area contributed by atoms with Crippen LogP contribution in [-0.4, -0.2) is 10.9 Å². The van der Waals surface area contributed by atoms with Gasteiger partial charge in [-0.05, 0) is 24.6 Å². The molecule has 1 rings (SSSR count). The molecule has 1 atom stereocenters. The van der Waals surface area contributed by atoms with E-state index in [2.05, 4.69) is 16.9 Å². The zero-order valence-electron chi connectivity index (χ0n) is 7.83. The summed E-state index contributed by atoms with van der Waals surface area (Å²) in [6.45, 7) is 5.21. The number of hydrogen-bond acceptors (Lipinski definition) is 2. The SMILES string of the molecule is C=C(Cl)C(=O)N[C@H](C)c1ccncc1. The van der Waals surface area contributed by atoms with Crippen LogP contribution in [0.25, 0.3) is 0 Å². The Balaban J connectivity index is 2.64. The van der Waals surface area contributed by atoms with Crippen LogP contribution in [0.15, 0.2) is 36.1 Å². The molecule has 74 valence electrons. The summed E-state index contributed by atoms with van der Waals surface area (Å²) in [5, 5.41) is 2.69. The van der Waals surface area contributed by atoms with Gasteiger partial charge in [0.05, 0.1) is 11.1 Å². The van der Waals surface area contributed by atoms with Gasteiger partial charge >= 0.3 is 0 Å². The minimum absolute atomic E-state index is 0.00842. The van der Waals surface area contributed by atoms with Crippen LogP contribution in [0.3, 0.4) is 0 Å². The molecule has 0 aliphatic carbocycles. The molecule has 0 fully saturated rings. The molecule has 1 amide bonds.